The third-order valence-corrected chi connectivity index (χ3v) is 2.55. The van der Waals surface area contributed by atoms with Crippen LogP contribution in [0.25, 0.3) is 0 Å². The number of carbonyl (C=O) groups excluding carboxylic acids is 2. The summed E-state index contributed by atoms with van der Waals surface area (Å²) in [4.78, 5) is 45.6. The Labute approximate surface area is 108 Å². The van der Waals surface area contributed by atoms with E-state index in [0.717, 1.165) is 9.13 Å². The lowest BCUT2D eigenvalue weighted by atomic mass is 10.3. The van der Waals surface area contributed by atoms with Crippen molar-refractivity contribution in [2.75, 3.05) is 11.1 Å². The highest BCUT2D eigenvalue weighted by Crippen LogP contribution is 2.10. The molecule has 1 rings (SSSR count). The van der Waals surface area contributed by atoms with Crippen molar-refractivity contribution in [1.82, 2.24) is 9.13 Å². The number of aldehydes is 1. The normalized spacial score (nSPS) is 11.9. The summed E-state index contributed by atoms with van der Waals surface area (Å²) in [5.74, 6) is -0.415. The number of ketones is 1. The molecule has 0 radical (unpaired) electrons. The summed E-state index contributed by atoms with van der Waals surface area (Å²) in [6, 6.07) is -0.640. The lowest BCUT2D eigenvalue weighted by molar-refractivity contribution is -0.117. The number of rotatable bonds is 5. The van der Waals surface area contributed by atoms with Gasteiger partial charge in [-0.15, -0.1) is 0 Å². The van der Waals surface area contributed by atoms with Crippen LogP contribution in [-0.2, 0) is 23.2 Å². The van der Waals surface area contributed by atoms with Crippen LogP contribution in [0, 0.1) is 0 Å². The molecule has 0 spiro atoms. The number of Topliss-reactive ketones (excluding diaryl/α,β-unsaturated/α-hetero) is 1. The monoisotopic (exact) mass is 268 g/mol. The molecule has 0 amide bonds. The quantitative estimate of drug-likeness (QED) is 0.642. The van der Waals surface area contributed by atoms with E-state index in [1.54, 1.807) is 0 Å². The van der Waals surface area contributed by atoms with E-state index in [-0.39, 0.29) is 23.8 Å². The maximum atomic E-state index is 12.1. The van der Waals surface area contributed by atoms with E-state index in [0.29, 0.717) is 6.29 Å². The Hall–Kier alpha value is -2.38. The second-order valence-electron chi connectivity index (χ2n) is 4.26. The predicted molar refractivity (Wildman–Crippen MR) is 70.2 cm³/mol. The number of nitrogens with zero attached hydrogens (tertiary/aromatic N) is 2. The Balaban J connectivity index is 3.52. The maximum absolute atomic E-state index is 12.1. The maximum Gasteiger partial charge on any atom is 0.332 e. The first kappa shape index (κ1) is 14.7. The Kier molecular flexibility index (Phi) is 4.26. The fourth-order valence-electron chi connectivity index (χ4n) is 1.54. The van der Waals surface area contributed by atoms with Crippen LogP contribution in [0.2, 0.25) is 0 Å². The summed E-state index contributed by atoms with van der Waals surface area (Å²) < 4.78 is 1.82. The molecule has 8 nitrogen and oxygen atoms in total. The Morgan fingerprint density at radius 2 is 2.05 bits per heavy atom. The van der Waals surface area contributed by atoms with Crippen molar-refractivity contribution in [3.8, 4) is 0 Å². The molecular formula is C11H16N4O4. The molecule has 1 aromatic rings. The van der Waals surface area contributed by atoms with Crippen LogP contribution in [0.4, 0.5) is 11.5 Å². The third-order valence-electron chi connectivity index (χ3n) is 2.55. The van der Waals surface area contributed by atoms with E-state index in [1.807, 2.05) is 0 Å². The van der Waals surface area contributed by atoms with Crippen molar-refractivity contribution >= 4 is 23.6 Å². The van der Waals surface area contributed by atoms with Crippen molar-refractivity contribution in [2.45, 2.75) is 26.4 Å². The summed E-state index contributed by atoms with van der Waals surface area (Å²) in [6.07, 6.45) is 0.597. The van der Waals surface area contributed by atoms with Gasteiger partial charge in [0.25, 0.3) is 5.56 Å². The van der Waals surface area contributed by atoms with Crippen molar-refractivity contribution in [3.05, 3.63) is 20.8 Å². The van der Waals surface area contributed by atoms with Gasteiger partial charge in [0.2, 0.25) is 0 Å². The predicted octanol–water partition coefficient (Wildman–Crippen LogP) is -1.28. The Morgan fingerprint density at radius 3 is 2.53 bits per heavy atom. The number of anilines is 2. The molecular weight excluding hydrogens is 252 g/mol. The number of aromatic nitrogens is 2. The largest absolute Gasteiger partial charge is 0.383 e. The number of nitrogens with two attached hydrogens (primary N) is 1. The SMILES string of the molecule is CC(=O)Cn1c(=O)c(N[C@@H](C)C=O)c(N)n(C)c1=O. The average Bonchev–Trinajstić information content (AvgIpc) is 2.36. The van der Waals surface area contributed by atoms with Crippen LogP contribution in [0.5, 0.6) is 0 Å². The number of carbonyl (C=O) groups is 2. The fourth-order valence-corrected chi connectivity index (χ4v) is 1.54. The third kappa shape index (κ3) is 2.90. The highest BCUT2D eigenvalue weighted by molar-refractivity contribution is 5.75. The summed E-state index contributed by atoms with van der Waals surface area (Å²) >= 11 is 0. The standard InChI is InChI=1S/C11H16N4O4/c1-6(5-16)13-8-9(12)14(3)11(19)15(10(8)18)4-7(2)17/h5-6,13H,4,12H2,1-3H3/t6-/m0/s1. The van der Waals surface area contributed by atoms with Crippen LogP contribution >= 0.6 is 0 Å². The topological polar surface area (TPSA) is 116 Å². The molecule has 1 atom stereocenters. The molecule has 0 aliphatic rings. The summed E-state index contributed by atoms with van der Waals surface area (Å²) in [5.41, 5.74) is 4.21. The van der Waals surface area contributed by atoms with Crippen molar-refractivity contribution < 1.29 is 9.59 Å². The zero-order valence-electron chi connectivity index (χ0n) is 11.0. The number of nitrogen functional groups attached to an aromatic ring is 1. The first-order valence-electron chi connectivity index (χ1n) is 5.60. The van der Waals surface area contributed by atoms with Gasteiger partial charge in [-0.3, -0.25) is 18.7 Å². The van der Waals surface area contributed by atoms with Gasteiger partial charge in [-0.25, -0.2) is 4.79 Å². The lowest BCUT2D eigenvalue weighted by Crippen LogP contribution is -2.43. The molecule has 1 aromatic heterocycles. The Bertz CT molecular complexity index is 629. The smallest absolute Gasteiger partial charge is 0.332 e. The second-order valence-corrected chi connectivity index (χ2v) is 4.26. The van der Waals surface area contributed by atoms with E-state index < -0.39 is 17.3 Å². The zero-order chi connectivity index (χ0) is 14.7. The second kappa shape index (κ2) is 5.51. The molecule has 1 heterocycles. The highest BCUT2D eigenvalue weighted by atomic mass is 16.2. The van der Waals surface area contributed by atoms with Crippen LogP contribution < -0.4 is 22.3 Å². The van der Waals surface area contributed by atoms with Crippen LogP contribution in [0.1, 0.15) is 13.8 Å². The van der Waals surface area contributed by atoms with Gasteiger partial charge >= 0.3 is 5.69 Å². The van der Waals surface area contributed by atoms with E-state index in [9.17, 15) is 19.2 Å². The molecule has 0 saturated carbocycles. The first-order valence-corrected chi connectivity index (χ1v) is 5.60. The van der Waals surface area contributed by atoms with Gasteiger partial charge < -0.3 is 15.8 Å². The minimum absolute atomic E-state index is 0.0667. The van der Waals surface area contributed by atoms with Crippen LogP contribution in [-0.4, -0.2) is 27.2 Å². The minimum atomic E-state index is -0.718. The molecule has 0 aromatic carbocycles. The molecule has 8 heteroatoms. The van der Waals surface area contributed by atoms with Crippen LogP contribution in [0.3, 0.4) is 0 Å². The Morgan fingerprint density at radius 1 is 1.47 bits per heavy atom. The minimum Gasteiger partial charge on any atom is -0.383 e. The number of hydrogen-bond acceptors (Lipinski definition) is 6. The first-order chi connectivity index (χ1) is 8.79. The van der Waals surface area contributed by atoms with E-state index in [1.165, 1.54) is 20.9 Å². The van der Waals surface area contributed by atoms with Crippen molar-refractivity contribution in [1.29, 1.82) is 0 Å². The zero-order valence-corrected chi connectivity index (χ0v) is 11.0. The van der Waals surface area contributed by atoms with Crippen LogP contribution in [0.15, 0.2) is 9.59 Å². The summed E-state index contributed by atoms with van der Waals surface area (Å²) in [5, 5.41) is 2.61. The fraction of sp³-hybridized carbons (Fsp3) is 0.455. The molecule has 0 unspecified atom stereocenters. The van der Waals surface area contributed by atoms with E-state index in [2.05, 4.69) is 5.32 Å². The molecule has 0 bridgehead atoms. The molecule has 0 aliphatic carbocycles. The van der Waals surface area contributed by atoms with Gasteiger partial charge in [-0.05, 0) is 13.8 Å². The number of hydrogen-bond donors (Lipinski definition) is 2. The molecule has 3 N–H and O–H groups in total. The molecule has 104 valence electrons. The molecule has 0 saturated heterocycles. The highest BCUT2D eigenvalue weighted by Gasteiger charge is 2.17. The summed E-state index contributed by atoms with van der Waals surface area (Å²) in [6.45, 7) is 2.46. The van der Waals surface area contributed by atoms with Crippen molar-refractivity contribution in [2.24, 2.45) is 7.05 Å². The van der Waals surface area contributed by atoms with E-state index in [4.69, 9.17) is 5.73 Å². The van der Waals surface area contributed by atoms with Gasteiger partial charge in [0.05, 0.1) is 12.6 Å². The van der Waals surface area contributed by atoms with Gasteiger partial charge in [-0.1, -0.05) is 0 Å². The van der Waals surface area contributed by atoms with Gasteiger partial charge in [0.15, 0.2) is 0 Å². The van der Waals surface area contributed by atoms with Crippen molar-refractivity contribution in [3.63, 3.8) is 0 Å². The molecule has 0 aliphatic heterocycles. The van der Waals surface area contributed by atoms with Gasteiger partial charge in [0, 0.05) is 7.05 Å². The van der Waals surface area contributed by atoms with E-state index >= 15 is 0 Å². The average molecular weight is 268 g/mol. The lowest BCUT2D eigenvalue weighted by Gasteiger charge is -2.15. The molecule has 0 fully saturated rings. The van der Waals surface area contributed by atoms with Gasteiger partial charge in [-0.2, -0.15) is 0 Å². The van der Waals surface area contributed by atoms with Gasteiger partial charge in [0.1, 0.15) is 23.6 Å². The number of nitrogens with one attached hydrogen (secondary N) is 1. The summed E-state index contributed by atoms with van der Waals surface area (Å²) in [7, 11) is 1.38. The molecule has 19 heavy (non-hydrogen) atoms.